The van der Waals surface area contributed by atoms with Gasteiger partial charge in [-0.3, -0.25) is 9.59 Å². The summed E-state index contributed by atoms with van der Waals surface area (Å²) in [5.41, 5.74) is 0.804. The summed E-state index contributed by atoms with van der Waals surface area (Å²) in [6.45, 7) is 4.84. The van der Waals surface area contributed by atoms with E-state index in [0.717, 1.165) is 18.8 Å². The Bertz CT molecular complexity index is 575. The molecule has 3 rings (SSSR count). The molecule has 2 atom stereocenters. The number of piperazine rings is 1. The number of anilines is 1. The number of benzene rings is 1. The number of amides is 2. The molecular formula is C16H20ClN3O2. The molecule has 1 aromatic carbocycles. The molecule has 5 nitrogen and oxygen atoms in total. The van der Waals surface area contributed by atoms with E-state index in [9.17, 15) is 9.59 Å². The maximum atomic E-state index is 12.7. The Morgan fingerprint density at radius 1 is 1.27 bits per heavy atom. The molecule has 0 spiro atoms. The van der Waals surface area contributed by atoms with Gasteiger partial charge in [0.2, 0.25) is 11.8 Å². The zero-order valence-electron chi connectivity index (χ0n) is 12.6. The minimum Gasteiger partial charge on any atom is -0.337 e. The van der Waals surface area contributed by atoms with Crippen LogP contribution in [0, 0.1) is 5.92 Å². The van der Waals surface area contributed by atoms with Crippen molar-refractivity contribution in [2.24, 2.45) is 5.92 Å². The van der Waals surface area contributed by atoms with Crippen LogP contribution in [-0.4, -0.2) is 48.9 Å². The second-order valence-corrected chi connectivity index (χ2v) is 6.33. The zero-order chi connectivity index (χ0) is 15.7. The normalized spacial score (nSPS) is 25.6. The molecule has 2 aliphatic rings. The minimum atomic E-state index is -0.545. The first-order valence-corrected chi connectivity index (χ1v) is 8.04. The van der Waals surface area contributed by atoms with Crippen LogP contribution < -0.4 is 10.2 Å². The first kappa shape index (κ1) is 15.3. The number of rotatable bonds is 2. The van der Waals surface area contributed by atoms with Crippen molar-refractivity contribution in [1.82, 2.24) is 10.2 Å². The van der Waals surface area contributed by atoms with E-state index in [-0.39, 0.29) is 17.9 Å². The molecule has 1 N–H and O–H groups in total. The molecule has 0 radical (unpaired) electrons. The lowest BCUT2D eigenvalue weighted by atomic mass is 10.0. The number of nitrogens with zero attached hydrogens (tertiary/aromatic N) is 2. The molecule has 0 aliphatic carbocycles. The smallest absolute Gasteiger partial charge is 0.239 e. The van der Waals surface area contributed by atoms with Gasteiger partial charge in [-0.15, -0.1) is 0 Å². The second kappa shape index (κ2) is 6.26. The molecule has 22 heavy (non-hydrogen) atoms. The largest absolute Gasteiger partial charge is 0.337 e. The Labute approximate surface area is 135 Å². The van der Waals surface area contributed by atoms with Crippen LogP contribution in [0.3, 0.4) is 0 Å². The second-order valence-electron chi connectivity index (χ2n) is 5.89. The number of nitrogens with one attached hydrogen (secondary N) is 1. The van der Waals surface area contributed by atoms with Gasteiger partial charge in [0.1, 0.15) is 5.92 Å². The topological polar surface area (TPSA) is 52.7 Å². The van der Waals surface area contributed by atoms with Gasteiger partial charge in [-0.2, -0.15) is 0 Å². The average Bonchev–Trinajstić information content (AvgIpc) is 2.90. The maximum absolute atomic E-state index is 12.7. The summed E-state index contributed by atoms with van der Waals surface area (Å²) in [7, 11) is 0. The highest BCUT2D eigenvalue weighted by Crippen LogP contribution is 2.28. The zero-order valence-corrected chi connectivity index (χ0v) is 13.3. The van der Waals surface area contributed by atoms with E-state index in [2.05, 4.69) is 5.32 Å². The summed E-state index contributed by atoms with van der Waals surface area (Å²) in [6, 6.07) is 7.30. The standard InChI is InChI=1S/C16H20ClN3O2/c1-11-10-18-7-9-19(11)15(21)14-6-8-20(16(14)22)13-4-2-12(17)3-5-13/h2-5,11,14,18H,6-10H2,1H3/t11-,14?/m1/s1. The third-order valence-electron chi connectivity index (χ3n) is 4.43. The monoisotopic (exact) mass is 321 g/mol. The molecule has 118 valence electrons. The van der Waals surface area contributed by atoms with Crippen LogP contribution in [0.1, 0.15) is 13.3 Å². The van der Waals surface area contributed by atoms with Gasteiger partial charge < -0.3 is 15.1 Å². The molecule has 2 amide bonds. The highest BCUT2D eigenvalue weighted by atomic mass is 35.5. The van der Waals surface area contributed by atoms with Gasteiger partial charge in [-0.1, -0.05) is 11.6 Å². The van der Waals surface area contributed by atoms with Gasteiger partial charge in [0.05, 0.1) is 0 Å². The van der Waals surface area contributed by atoms with Crippen molar-refractivity contribution in [3.63, 3.8) is 0 Å². The summed E-state index contributed by atoms with van der Waals surface area (Å²) >= 11 is 5.88. The fraction of sp³-hybridized carbons (Fsp3) is 0.500. The Morgan fingerprint density at radius 2 is 2.00 bits per heavy atom. The van der Waals surface area contributed by atoms with Gasteiger partial charge in [0.15, 0.2) is 0 Å². The van der Waals surface area contributed by atoms with E-state index >= 15 is 0 Å². The Kier molecular flexibility index (Phi) is 4.36. The summed E-state index contributed by atoms with van der Waals surface area (Å²) in [5.74, 6) is -0.676. The fourth-order valence-electron chi connectivity index (χ4n) is 3.16. The number of carbonyl (C=O) groups is 2. The molecule has 6 heteroatoms. The van der Waals surface area contributed by atoms with Crippen molar-refractivity contribution in [2.45, 2.75) is 19.4 Å². The molecule has 0 saturated carbocycles. The van der Waals surface area contributed by atoms with E-state index < -0.39 is 5.92 Å². The summed E-state index contributed by atoms with van der Waals surface area (Å²) in [4.78, 5) is 28.8. The van der Waals surface area contributed by atoms with Crippen molar-refractivity contribution in [2.75, 3.05) is 31.1 Å². The molecule has 1 aromatic rings. The molecular weight excluding hydrogens is 302 g/mol. The van der Waals surface area contributed by atoms with Gasteiger partial charge >= 0.3 is 0 Å². The molecule has 0 bridgehead atoms. The Hall–Kier alpha value is -1.59. The molecule has 1 unspecified atom stereocenters. The van der Waals surface area contributed by atoms with Crippen LogP contribution in [0.5, 0.6) is 0 Å². The van der Waals surface area contributed by atoms with Crippen molar-refractivity contribution in [1.29, 1.82) is 0 Å². The highest BCUT2D eigenvalue weighted by Gasteiger charge is 2.41. The minimum absolute atomic E-state index is 0.0320. The molecule has 2 heterocycles. The van der Waals surface area contributed by atoms with Crippen molar-refractivity contribution < 1.29 is 9.59 Å². The highest BCUT2D eigenvalue weighted by molar-refractivity contribution is 6.30. The first-order chi connectivity index (χ1) is 10.6. The summed E-state index contributed by atoms with van der Waals surface area (Å²) in [6.07, 6.45) is 0.580. The summed E-state index contributed by atoms with van der Waals surface area (Å²) < 4.78 is 0. The fourth-order valence-corrected chi connectivity index (χ4v) is 3.28. The number of carbonyl (C=O) groups excluding carboxylic acids is 2. The first-order valence-electron chi connectivity index (χ1n) is 7.66. The van der Waals surface area contributed by atoms with Crippen molar-refractivity contribution >= 4 is 29.1 Å². The van der Waals surface area contributed by atoms with E-state index in [1.54, 1.807) is 17.0 Å². The SMILES string of the molecule is C[C@@H]1CNCCN1C(=O)C1CCN(c2ccc(Cl)cc2)C1=O. The average molecular weight is 322 g/mol. The van der Waals surface area contributed by atoms with Crippen LogP contribution in [0.4, 0.5) is 5.69 Å². The van der Waals surface area contributed by atoms with E-state index in [4.69, 9.17) is 11.6 Å². The van der Waals surface area contributed by atoms with Gasteiger partial charge in [-0.05, 0) is 37.6 Å². The van der Waals surface area contributed by atoms with E-state index in [1.807, 2.05) is 24.0 Å². The number of hydrogen-bond donors (Lipinski definition) is 1. The van der Waals surface area contributed by atoms with Crippen molar-refractivity contribution in [3.05, 3.63) is 29.3 Å². The molecule has 0 aromatic heterocycles. The van der Waals surface area contributed by atoms with Crippen molar-refractivity contribution in [3.8, 4) is 0 Å². The maximum Gasteiger partial charge on any atom is 0.239 e. The Balaban J connectivity index is 1.73. The van der Waals surface area contributed by atoms with Gasteiger partial charge in [-0.25, -0.2) is 0 Å². The third-order valence-corrected chi connectivity index (χ3v) is 4.68. The lowest BCUT2D eigenvalue weighted by Crippen LogP contribution is -2.54. The Morgan fingerprint density at radius 3 is 2.68 bits per heavy atom. The predicted molar refractivity (Wildman–Crippen MR) is 86.0 cm³/mol. The number of hydrogen-bond acceptors (Lipinski definition) is 3. The third kappa shape index (κ3) is 2.83. The quantitative estimate of drug-likeness (QED) is 0.840. The molecule has 2 fully saturated rings. The van der Waals surface area contributed by atoms with E-state index in [0.29, 0.717) is 24.5 Å². The molecule has 2 aliphatic heterocycles. The van der Waals surface area contributed by atoms with Crippen LogP contribution >= 0.6 is 11.6 Å². The predicted octanol–water partition coefficient (Wildman–Crippen LogP) is 1.51. The number of halogens is 1. The van der Waals surface area contributed by atoms with Crippen LogP contribution in [0.15, 0.2) is 24.3 Å². The van der Waals surface area contributed by atoms with Crippen LogP contribution in [0.2, 0.25) is 5.02 Å². The van der Waals surface area contributed by atoms with E-state index in [1.165, 1.54) is 0 Å². The van der Waals surface area contributed by atoms with Crippen LogP contribution in [0.25, 0.3) is 0 Å². The summed E-state index contributed by atoms with van der Waals surface area (Å²) in [5, 5.41) is 3.90. The van der Waals surface area contributed by atoms with Crippen LogP contribution in [-0.2, 0) is 9.59 Å². The lowest BCUT2D eigenvalue weighted by Gasteiger charge is -2.35. The molecule has 2 saturated heterocycles. The van der Waals surface area contributed by atoms with Gasteiger partial charge in [0, 0.05) is 42.9 Å². The van der Waals surface area contributed by atoms with Gasteiger partial charge in [0.25, 0.3) is 0 Å². The lowest BCUT2D eigenvalue weighted by molar-refractivity contribution is -0.142.